The Morgan fingerprint density at radius 1 is 1.09 bits per heavy atom. The minimum atomic E-state index is -1.03. The van der Waals surface area contributed by atoms with Gasteiger partial charge in [-0.25, -0.2) is 0 Å². The van der Waals surface area contributed by atoms with Gasteiger partial charge >= 0.3 is 5.97 Å². The first-order valence-corrected chi connectivity index (χ1v) is 7.04. The molecule has 5 nitrogen and oxygen atoms in total. The zero-order valence-corrected chi connectivity index (χ0v) is 13.3. The van der Waals surface area contributed by atoms with E-state index in [-0.39, 0.29) is 12.5 Å². The molecule has 5 heteroatoms. The zero-order chi connectivity index (χ0) is 16.4. The van der Waals surface area contributed by atoms with Gasteiger partial charge in [-0.15, -0.1) is 0 Å². The summed E-state index contributed by atoms with van der Waals surface area (Å²) in [6.45, 7) is 5.53. The molecule has 0 bridgehead atoms. The van der Waals surface area contributed by atoms with Gasteiger partial charge in [0.25, 0.3) is 5.91 Å². The molecule has 22 heavy (non-hydrogen) atoms. The van der Waals surface area contributed by atoms with E-state index in [0.29, 0.717) is 5.56 Å². The van der Waals surface area contributed by atoms with Crippen LogP contribution in [0.5, 0.6) is 0 Å². The first kappa shape index (κ1) is 15.8. The van der Waals surface area contributed by atoms with Crippen LogP contribution in [0, 0.1) is 20.8 Å². The summed E-state index contributed by atoms with van der Waals surface area (Å²) in [5, 5.41) is 8.88. The molecular formula is C17H20N2O3. The number of benzene rings is 1. The highest BCUT2D eigenvalue weighted by atomic mass is 16.4. The zero-order valence-electron chi connectivity index (χ0n) is 13.3. The minimum Gasteiger partial charge on any atom is -0.480 e. The van der Waals surface area contributed by atoms with Crippen molar-refractivity contribution in [3.8, 4) is 5.69 Å². The number of carboxylic acid groups (broad SMARTS) is 1. The number of aromatic nitrogens is 1. The maximum Gasteiger partial charge on any atom is 0.323 e. The quantitative estimate of drug-likeness (QED) is 0.944. The summed E-state index contributed by atoms with van der Waals surface area (Å²) in [5.41, 5.74) is 4.28. The number of amides is 1. The number of nitrogens with zero attached hydrogens (tertiary/aromatic N) is 2. The highest BCUT2D eigenvalue weighted by molar-refractivity contribution is 5.99. The average molecular weight is 300 g/mol. The number of aliphatic carboxylic acids is 1. The van der Waals surface area contributed by atoms with Crippen molar-refractivity contribution in [2.75, 3.05) is 13.6 Å². The third-order valence-corrected chi connectivity index (χ3v) is 3.61. The van der Waals surface area contributed by atoms with Crippen LogP contribution in [0.2, 0.25) is 0 Å². The normalized spacial score (nSPS) is 10.5. The Morgan fingerprint density at radius 3 is 2.23 bits per heavy atom. The fraction of sp³-hybridized carbons (Fsp3) is 0.294. The van der Waals surface area contributed by atoms with Crippen molar-refractivity contribution in [3.63, 3.8) is 0 Å². The number of rotatable bonds is 4. The van der Waals surface area contributed by atoms with Crippen LogP contribution >= 0.6 is 0 Å². The molecule has 1 aromatic heterocycles. The molecule has 1 amide bonds. The molecule has 0 aliphatic carbocycles. The van der Waals surface area contributed by atoms with Crippen molar-refractivity contribution in [1.82, 2.24) is 9.47 Å². The monoisotopic (exact) mass is 300 g/mol. The van der Waals surface area contributed by atoms with Crippen molar-refractivity contribution in [2.45, 2.75) is 20.8 Å². The van der Waals surface area contributed by atoms with E-state index in [1.54, 1.807) is 6.07 Å². The Hall–Kier alpha value is -2.56. The van der Waals surface area contributed by atoms with Gasteiger partial charge in [-0.1, -0.05) is 11.6 Å². The van der Waals surface area contributed by atoms with Gasteiger partial charge in [0.05, 0.1) is 11.3 Å². The first-order chi connectivity index (χ1) is 10.3. The summed E-state index contributed by atoms with van der Waals surface area (Å²) in [6, 6.07) is 9.63. The molecule has 0 aliphatic heterocycles. The van der Waals surface area contributed by atoms with E-state index in [4.69, 9.17) is 5.11 Å². The van der Waals surface area contributed by atoms with Gasteiger partial charge in [0.2, 0.25) is 0 Å². The second kappa shape index (κ2) is 6.05. The number of likely N-dealkylation sites (N-methyl/N-ethyl adjacent to an activating group) is 1. The molecule has 2 aromatic rings. The molecule has 1 aromatic carbocycles. The Bertz CT molecular complexity index is 712. The van der Waals surface area contributed by atoms with Crippen LogP contribution < -0.4 is 0 Å². The largest absolute Gasteiger partial charge is 0.480 e. The average Bonchev–Trinajstić information content (AvgIpc) is 2.77. The van der Waals surface area contributed by atoms with E-state index in [2.05, 4.69) is 0 Å². The van der Waals surface area contributed by atoms with Crippen LogP contribution in [0.3, 0.4) is 0 Å². The van der Waals surface area contributed by atoms with Gasteiger partial charge in [-0.05, 0) is 45.0 Å². The summed E-state index contributed by atoms with van der Waals surface area (Å²) in [5.74, 6) is -1.33. The maximum atomic E-state index is 12.6. The van der Waals surface area contributed by atoms with Crippen molar-refractivity contribution >= 4 is 11.9 Å². The number of carbonyl (C=O) groups is 2. The first-order valence-electron chi connectivity index (χ1n) is 7.04. The molecule has 0 radical (unpaired) electrons. The van der Waals surface area contributed by atoms with Crippen molar-refractivity contribution in [1.29, 1.82) is 0 Å². The van der Waals surface area contributed by atoms with E-state index in [0.717, 1.165) is 22.6 Å². The lowest BCUT2D eigenvalue weighted by molar-refractivity contribution is -0.137. The molecule has 116 valence electrons. The van der Waals surface area contributed by atoms with E-state index < -0.39 is 5.97 Å². The lowest BCUT2D eigenvalue weighted by Gasteiger charge is -2.19. The molecule has 0 saturated heterocycles. The van der Waals surface area contributed by atoms with Gasteiger partial charge < -0.3 is 14.6 Å². The summed E-state index contributed by atoms with van der Waals surface area (Å²) < 4.78 is 2.00. The molecular weight excluding hydrogens is 280 g/mol. The number of hydrogen-bond donors (Lipinski definition) is 1. The fourth-order valence-corrected chi connectivity index (χ4v) is 2.54. The number of carbonyl (C=O) groups excluding carboxylic acids is 1. The highest BCUT2D eigenvalue weighted by Crippen LogP contribution is 2.22. The molecule has 0 aliphatic rings. The fourth-order valence-electron chi connectivity index (χ4n) is 2.54. The summed E-state index contributed by atoms with van der Waals surface area (Å²) in [4.78, 5) is 24.7. The van der Waals surface area contributed by atoms with Crippen molar-refractivity contribution < 1.29 is 14.7 Å². The molecule has 0 atom stereocenters. The minimum absolute atomic E-state index is 0.298. The van der Waals surface area contributed by atoms with E-state index >= 15 is 0 Å². The van der Waals surface area contributed by atoms with Gasteiger partial charge in [0, 0.05) is 18.4 Å². The van der Waals surface area contributed by atoms with E-state index in [1.807, 2.05) is 49.6 Å². The summed E-state index contributed by atoms with van der Waals surface area (Å²) in [6.07, 6.45) is 0. The van der Waals surface area contributed by atoms with Crippen LogP contribution in [0.15, 0.2) is 30.3 Å². The van der Waals surface area contributed by atoms with Gasteiger partial charge in [-0.3, -0.25) is 9.59 Å². The predicted molar refractivity (Wildman–Crippen MR) is 84.6 cm³/mol. The molecule has 1 N–H and O–H groups in total. The predicted octanol–water partition coefficient (Wildman–Crippen LogP) is 2.56. The number of carboxylic acids is 1. The topological polar surface area (TPSA) is 62.5 Å². The Kier molecular flexibility index (Phi) is 4.35. The van der Waals surface area contributed by atoms with Crippen LogP contribution in [0.25, 0.3) is 5.69 Å². The smallest absolute Gasteiger partial charge is 0.323 e. The second-order valence-corrected chi connectivity index (χ2v) is 5.53. The third-order valence-electron chi connectivity index (χ3n) is 3.61. The Morgan fingerprint density at radius 2 is 1.68 bits per heavy atom. The lowest BCUT2D eigenvalue weighted by Crippen LogP contribution is -2.32. The Balaban J connectivity index is 2.54. The molecule has 0 unspecified atom stereocenters. The van der Waals surface area contributed by atoms with Gasteiger partial charge in [0.15, 0.2) is 0 Å². The maximum absolute atomic E-state index is 12.6. The molecule has 0 saturated carbocycles. The van der Waals surface area contributed by atoms with Crippen LogP contribution in [-0.2, 0) is 4.79 Å². The molecule has 0 fully saturated rings. The number of aryl methyl sites for hydroxylation is 3. The van der Waals surface area contributed by atoms with Gasteiger partial charge in [0.1, 0.15) is 6.54 Å². The standard InChI is InChI=1S/C17H20N2O3/c1-11-5-8-15(19-12(2)6-7-13(19)3)14(9-11)17(22)18(4)10-16(20)21/h5-9H,10H2,1-4H3,(H,20,21). The summed E-state index contributed by atoms with van der Waals surface area (Å²) in [7, 11) is 1.50. The summed E-state index contributed by atoms with van der Waals surface area (Å²) >= 11 is 0. The molecule has 2 rings (SSSR count). The second-order valence-electron chi connectivity index (χ2n) is 5.53. The van der Waals surface area contributed by atoms with Crippen LogP contribution in [0.1, 0.15) is 27.3 Å². The number of hydrogen-bond acceptors (Lipinski definition) is 2. The Labute approximate surface area is 129 Å². The van der Waals surface area contributed by atoms with Gasteiger partial charge in [-0.2, -0.15) is 0 Å². The third kappa shape index (κ3) is 3.03. The lowest BCUT2D eigenvalue weighted by atomic mass is 10.1. The van der Waals surface area contributed by atoms with Crippen molar-refractivity contribution in [3.05, 3.63) is 52.8 Å². The van der Waals surface area contributed by atoms with Crippen LogP contribution in [-0.4, -0.2) is 40.0 Å². The molecule has 0 spiro atoms. The van der Waals surface area contributed by atoms with E-state index in [9.17, 15) is 9.59 Å². The van der Waals surface area contributed by atoms with E-state index in [1.165, 1.54) is 11.9 Å². The molecule has 1 heterocycles. The highest BCUT2D eigenvalue weighted by Gasteiger charge is 2.20. The SMILES string of the molecule is Cc1ccc(-n2c(C)ccc2C)c(C(=O)N(C)CC(=O)O)c1. The van der Waals surface area contributed by atoms with Crippen LogP contribution in [0.4, 0.5) is 0 Å². The van der Waals surface area contributed by atoms with Crippen molar-refractivity contribution in [2.24, 2.45) is 0 Å².